The van der Waals surface area contributed by atoms with Crippen molar-refractivity contribution in [3.05, 3.63) is 96.2 Å². The summed E-state index contributed by atoms with van der Waals surface area (Å²) in [5.74, 6) is 1.15. The van der Waals surface area contributed by atoms with Gasteiger partial charge in [0.1, 0.15) is 11.5 Å². The zero-order valence-electron chi connectivity index (χ0n) is 16.1. The molecule has 0 unspecified atom stereocenters. The highest BCUT2D eigenvalue weighted by atomic mass is 16.5. The van der Waals surface area contributed by atoms with Gasteiger partial charge in [-0.15, -0.1) is 0 Å². The van der Waals surface area contributed by atoms with E-state index < -0.39 is 0 Å². The number of fused-ring (bicyclic) bond motifs is 1. The summed E-state index contributed by atoms with van der Waals surface area (Å²) in [6, 6.07) is 24.7. The maximum atomic E-state index is 12.5. The largest absolute Gasteiger partial charge is 0.457 e. The lowest BCUT2D eigenvalue weighted by Gasteiger charge is -2.11. The number of hydrogen-bond donors (Lipinski definition) is 2. The van der Waals surface area contributed by atoms with Crippen molar-refractivity contribution in [2.24, 2.45) is 0 Å². The smallest absolute Gasteiger partial charge is 0.251 e. The van der Waals surface area contributed by atoms with E-state index in [9.17, 15) is 4.79 Å². The third-order valence-electron chi connectivity index (χ3n) is 4.61. The molecular weight excluding hydrogens is 362 g/mol. The summed E-state index contributed by atoms with van der Waals surface area (Å²) in [6.07, 6.45) is 1.72. The highest BCUT2D eigenvalue weighted by Crippen LogP contribution is 2.30. The Morgan fingerprint density at radius 2 is 1.83 bits per heavy atom. The third-order valence-corrected chi connectivity index (χ3v) is 4.61. The van der Waals surface area contributed by atoms with Gasteiger partial charge in [-0.2, -0.15) is 0 Å². The molecule has 5 nitrogen and oxygen atoms in total. The molecule has 0 aliphatic carbocycles. The van der Waals surface area contributed by atoms with Crippen LogP contribution in [0, 0.1) is 0 Å². The van der Waals surface area contributed by atoms with Crippen molar-refractivity contribution >= 4 is 22.5 Å². The molecule has 0 radical (unpaired) electrons. The SMILES string of the molecule is CNc1ccc2c(Oc3cccc(C(=O)NCc4ccccc4)c3)ccnc2c1. The Morgan fingerprint density at radius 3 is 2.66 bits per heavy atom. The van der Waals surface area contributed by atoms with Gasteiger partial charge < -0.3 is 15.4 Å². The predicted molar refractivity (Wildman–Crippen MR) is 115 cm³/mol. The van der Waals surface area contributed by atoms with Crippen LogP contribution in [0.4, 0.5) is 5.69 Å². The van der Waals surface area contributed by atoms with Gasteiger partial charge in [0.15, 0.2) is 0 Å². The van der Waals surface area contributed by atoms with Crippen LogP contribution in [0.15, 0.2) is 85.1 Å². The van der Waals surface area contributed by atoms with Gasteiger partial charge in [-0.05, 0) is 48.0 Å². The Kier molecular flexibility index (Phi) is 5.38. The van der Waals surface area contributed by atoms with Crippen LogP contribution in [0.2, 0.25) is 0 Å². The number of nitrogens with zero attached hydrogens (tertiary/aromatic N) is 1. The monoisotopic (exact) mass is 383 g/mol. The zero-order valence-corrected chi connectivity index (χ0v) is 16.1. The lowest BCUT2D eigenvalue weighted by Crippen LogP contribution is -2.22. The van der Waals surface area contributed by atoms with E-state index in [0.29, 0.717) is 23.6 Å². The topological polar surface area (TPSA) is 63.2 Å². The molecule has 29 heavy (non-hydrogen) atoms. The Balaban J connectivity index is 1.52. The molecular formula is C24H21N3O2. The molecule has 0 bridgehead atoms. The zero-order chi connectivity index (χ0) is 20.1. The van der Waals surface area contributed by atoms with Crippen LogP contribution in [0.3, 0.4) is 0 Å². The molecule has 4 aromatic rings. The number of carbonyl (C=O) groups is 1. The average molecular weight is 383 g/mol. The van der Waals surface area contributed by atoms with Crippen molar-refractivity contribution < 1.29 is 9.53 Å². The first-order valence-electron chi connectivity index (χ1n) is 9.39. The molecule has 0 atom stereocenters. The number of nitrogens with one attached hydrogen (secondary N) is 2. The quantitative estimate of drug-likeness (QED) is 0.492. The van der Waals surface area contributed by atoms with Gasteiger partial charge >= 0.3 is 0 Å². The van der Waals surface area contributed by atoms with Gasteiger partial charge in [0.05, 0.1) is 5.52 Å². The number of carbonyl (C=O) groups excluding carboxylic acids is 1. The minimum Gasteiger partial charge on any atom is -0.457 e. The summed E-state index contributed by atoms with van der Waals surface area (Å²) in [4.78, 5) is 16.9. The predicted octanol–water partition coefficient (Wildman–Crippen LogP) is 5.00. The second-order valence-electron chi connectivity index (χ2n) is 6.59. The molecule has 0 aliphatic rings. The van der Waals surface area contributed by atoms with Crippen molar-refractivity contribution in [1.82, 2.24) is 10.3 Å². The molecule has 0 spiro atoms. The van der Waals surface area contributed by atoms with Crippen molar-refractivity contribution in [3.8, 4) is 11.5 Å². The Morgan fingerprint density at radius 1 is 0.966 bits per heavy atom. The van der Waals surface area contributed by atoms with E-state index in [4.69, 9.17) is 4.74 Å². The van der Waals surface area contributed by atoms with Gasteiger partial charge in [0.25, 0.3) is 5.91 Å². The lowest BCUT2D eigenvalue weighted by atomic mass is 10.1. The number of hydrogen-bond acceptors (Lipinski definition) is 4. The number of amides is 1. The van der Waals surface area contributed by atoms with Crippen molar-refractivity contribution in [2.45, 2.75) is 6.54 Å². The Hall–Kier alpha value is -3.86. The standard InChI is InChI=1S/C24H21N3O2/c1-25-19-10-11-21-22(15-19)26-13-12-23(21)29-20-9-5-8-18(14-20)24(28)27-16-17-6-3-2-4-7-17/h2-15,25H,16H2,1H3,(H,27,28). The summed E-state index contributed by atoms with van der Waals surface area (Å²) in [5.41, 5.74) is 3.43. The number of rotatable bonds is 6. The fourth-order valence-corrected chi connectivity index (χ4v) is 3.07. The van der Waals surface area contributed by atoms with E-state index in [1.54, 1.807) is 18.3 Å². The fourth-order valence-electron chi connectivity index (χ4n) is 3.07. The minimum atomic E-state index is -0.141. The van der Waals surface area contributed by atoms with Crippen molar-refractivity contribution in [3.63, 3.8) is 0 Å². The fraction of sp³-hybridized carbons (Fsp3) is 0.0833. The van der Waals surface area contributed by atoms with Crippen LogP contribution in [-0.2, 0) is 6.54 Å². The second-order valence-corrected chi connectivity index (χ2v) is 6.59. The molecule has 144 valence electrons. The minimum absolute atomic E-state index is 0.141. The molecule has 5 heteroatoms. The van der Waals surface area contributed by atoms with Crippen LogP contribution in [0.5, 0.6) is 11.5 Å². The highest BCUT2D eigenvalue weighted by Gasteiger charge is 2.09. The maximum absolute atomic E-state index is 12.5. The van der Waals surface area contributed by atoms with Gasteiger partial charge in [-0.3, -0.25) is 9.78 Å². The average Bonchev–Trinajstić information content (AvgIpc) is 2.78. The van der Waals surface area contributed by atoms with Crippen LogP contribution in [0.25, 0.3) is 10.9 Å². The van der Waals surface area contributed by atoms with E-state index in [2.05, 4.69) is 15.6 Å². The molecule has 2 N–H and O–H groups in total. The molecule has 3 aromatic carbocycles. The number of anilines is 1. The van der Waals surface area contributed by atoms with Crippen LogP contribution in [0.1, 0.15) is 15.9 Å². The number of pyridine rings is 1. The summed E-state index contributed by atoms with van der Waals surface area (Å²) < 4.78 is 6.08. The van der Waals surface area contributed by atoms with Crippen LogP contribution < -0.4 is 15.4 Å². The van der Waals surface area contributed by atoms with E-state index >= 15 is 0 Å². The summed E-state index contributed by atoms with van der Waals surface area (Å²) in [6.45, 7) is 0.480. The van der Waals surface area contributed by atoms with Crippen molar-refractivity contribution in [2.75, 3.05) is 12.4 Å². The van der Waals surface area contributed by atoms with Crippen LogP contribution >= 0.6 is 0 Å². The molecule has 0 fully saturated rings. The van der Waals surface area contributed by atoms with Gasteiger partial charge in [-0.25, -0.2) is 0 Å². The van der Waals surface area contributed by atoms with Crippen molar-refractivity contribution in [1.29, 1.82) is 0 Å². The number of benzene rings is 3. The highest BCUT2D eigenvalue weighted by molar-refractivity contribution is 5.94. The maximum Gasteiger partial charge on any atom is 0.251 e. The molecule has 1 amide bonds. The molecule has 0 aliphatic heterocycles. The molecule has 1 heterocycles. The lowest BCUT2D eigenvalue weighted by molar-refractivity contribution is 0.0950. The summed E-state index contributed by atoms with van der Waals surface area (Å²) >= 11 is 0. The molecule has 4 rings (SSSR count). The molecule has 0 saturated heterocycles. The normalized spacial score (nSPS) is 10.5. The van der Waals surface area contributed by atoms with Gasteiger partial charge in [0.2, 0.25) is 0 Å². The Labute approximate surface area is 169 Å². The first-order valence-corrected chi connectivity index (χ1v) is 9.39. The first kappa shape index (κ1) is 18.5. The summed E-state index contributed by atoms with van der Waals surface area (Å²) in [7, 11) is 1.87. The van der Waals surface area contributed by atoms with Gasteiger partial charge in [0, 0.05) is 36.4 Å². The van der Waals surface area contributed by atoms with E-state index in [1.807, 2.05) is 73.8 Å². The number of aromatic nitrogens is 1. The Bertz CT molecular complexity index is 1140. The molecule has 0 saturated carbocycles. The first-order chi connectivity index (χ1) is 14.2. The number of ether oxygens (including phenoxy) is 1. The third kappa shape index (κ3) is 4.35. The van der Waals surface area contributed by atoms with E-state index in [-0.39, 0.29) is 5.91 Å². The van der Waals surface area contributed by atoms with Gasteiger partial charge in [-0.1, -0.05) is 36.4 Å². The molecule has 1 aromatic heterocycles. The van der Waals surface area contributed by atoms with Crippen LogP contribution in [-0.4, -0.2) is 17.9 Å². The second kappa shape index (κ2) is 8.44. The van der Waals surface area contributed by atoms with E-state index in [1.165, 1.54) is 0 Å². The van der Waals surface area contributed by atoms with E-state index in [0.717, 1.165) is 22.2 Å². The summed E-state index contributed by atoms with van der Waals surface area (Å²) in [5, 5.41) is 6.95.